The van der Waals surface area contributed by atoms with Gasteiger partial charge in [0.25, 0.3) is 5.91 Å². The second-order valence-corrected chi connectivity index (χ2v) is 4.39. The lowest BCUT2D eigenvalue weighted by atomic mass is 10.2. The lowest BCUT2D eigenvalue weighted by Crippen LogP contribution is -2.25. The van der Waals surface area contributed by atoms with Gasteiger partial charge in [-0.3, -0.25) is 4.79 Å². The maximum Gasteiger partial charge on any atom is 0.251 e. The third-order valence-corrected chi connectivity index (χ3v) is 2.70. The van der Waals surface area contributed by atoms with Gasteiger partial charge in [-0.1, -0.05) is 11.6 Å². The topological polar surface area (TPSA) is 96.7 Å². The van der Waals surface area contributed by atoms with Gasteiger partial charge in [0.15, 0.2) is 0 Å². The van der Waals surface area contributed by atoms with Gasteiger partial charge in [-0.2, -0.15) is 0 Å². The number of hydrogen-bond acceptors (Lipinski definition) is 4. The number of carbonyl (C=O) groups is 1. The van der Waals surface area contributed by atoms with E-state index in [1.54, 1.807) is 12.4 Å². The molecule has 7 heteroatoms. The van der Waals surface area contributed by atoms with Crippen molar-refractivity contribution in [3.63, 3.8) is 0 Å². The molecule has 2 aromatic heterocycles. The van der Waals surface area contributed by atoms with E-state index in [9.17, 15) is 4.79 Å². The summed E-state index contributed by atoms with van der Waals surface area (Å²) in [6.45, 7) is 0.555. The van der Waals surface area contributed by atoms with E-state index in [0.29, 0.717) is 12.1 Å². The summed E-state index contributed by atoms with van der Waals surface area (Å²) in [5.41, 5.74) is 5.94. The molecule has 0 saturated carbocycles. The van der Waals surface area contributed by atoms with Crippen LogP contribution < -0.4 is 11.1 Å². The Hall–Kier alpha value is -2.08. The highest BCUT2D eigenvalue weighted by atomic mass is 35.5. The Morgan fingerprint density at radius 1 is 1.47 bits per heavy atom. The Balaban J connectivity index is 1.80. The van der Waals surface area contributed by atoms with E-state index in [4.69, 9.17) is 17.3 Å². The number of rotatable bonds is 5. The number of aryl methyl sites for hydroxylation is 1. The minimum absolute atomic E-state index is 0.209. The summed E-state index contributed by atoms with van der Waals surface area (Å²) < 4.78 is 0. The van der Waals surface area contributed by atoms with Crippen LogP contribution >= 0.6 is 11.6 Å². The van der Waals surface area contributed by atoms with Crippen LogP contribution in [0.15, 0.2) is 24.5 Å². The van der Waals surface area contributed by atoms with Crippen molar-refractivity contribution in [3.05, 3.63) is 41.1 Å². The molecule has 0 aromatic carbocycles. The van der Waals surface area contributed by atoms with Crippen molar-refractivity contribution in [2.24, 2.45) is 0 Å². The number of halogens is 1. The molecule has 0 saturated heterocycles. The highest BCUT2D eigenvalue weighted by Crippen LogP contribution is 2.11. The molecule has 0 aliphatic rings. The molecule has 4 N–H and O–H groups in total. The number of imidazole rings is 1. The number of amides is 1. The molecule has 0 bridgehead atoms. The molecule has 2 rings (SSSR count). The Morgan fingerprint density at radius 2 is 2.32 bits per heavy atom. The van der Waals surface area contributed by atoms with Crippen molar-refractivity contribution < 1.29 is 4.79 Å². The molecule has 0 radical (unpaired) electrons. The quantitative estimate of drug-likeness (QED) is 0.569. The number of pyridine rings is 1. The zero-order chi connectivity index (χ0) is 13.7. The molecule has 2 heterocycles. The van der Waals surface area contributed by atoms with E-state index >= 15 is 0 Å². The van der Waals surface area contributed by atoms with Crippen LogP contribution in [0.2, 0.25) is 5.15 Å². The lowest BCUT2D eigenvalue weighted by molar-refractivity contribution is 0.0953. The number of hydrogen-bond donors (Lipinski definition) is 3. The van der Waals surface area contributed by atoms with Gasteiger partial charge in [-0.25, -0.2) is 9.97 Å². The summed E-state index contributed by atoms with van der Waals surface area (Å²) in [6.07, 6.45) is 5.06. The molecule has 2 aromatic rings. The van der Waals surface area contributed by atoms with E-state index in [1.807, 2.05) is 0 Å². The van der Waals surface area contributed by atoms with E-state index in [2.05, 4.69) is 20.3 Å². The lowest BCUT2D eigenvalue weighted by Gasteiger charge is -2.05. The van der Waals surface area contributed by atoms with Crippen molar-refractivity contribution in [2.45, 2.75) is 12.8 Å². The van der Waals surface area contributed by atoms with Crippen molar-refractivity contribution in [3.8, 4) is 0 Å². The zero-order valence-electron chi connectivity index (χ0n) is 10.2. The summed E-state index contributed by atoms with van der Waals surface area (Å²) in [4.78, 5) is 22.7. The monoisotopic (exact) mass is 279 g/mol. The van der Waals surface area contributed by atoms with Gasteiger partial charge in [0.2, 0.25) is 0 Å². The number of carbonyl (C=O) groups excluding carboxylic acids is 1. The van der Waals surface area contributed by atoms with Gasteiger partial charge < -0.3 is 16.0 Å². The molecular weight excluding hydrogens is 266 g/mol. The molecule has 0 aliphatic heterocycles. The van der Waals surface area contributed by atoms with Crippen LogP contribution in [0.1, 0.15) is 22.6 Å². The fourth-order valence-electron chi connectivity index (χ4n) is 1.64. The number of aromatic nitrogens is 3. The summed E-state index contributed by atoms with van der Waals surface area (Å²) >= 11 is 5.74. The first-order chi connectivity index (χ1) is 9.15. The summed E-state index contributed by atoms with van der Waals surface area (Å²) in [5.74, 6) is 0.925. The highest BCUT2D eigenvalue weighted by molar-refractivity contribution is 6.29. The fraction of sp³-hybridized carbons (Fsp3) is 0.250. The highest BCUT2D eigenvalue weighted by Gasteiger charge is 2.07. The van der Waals surface area contributed by atoms with Gasteiger partial charge in [0.1, 0.15) is 16.8 Å². The molecule has 100 valence electrons. The summed E-state index contributed by atoms with van der Waals surface area (Å²) in [5, 5.41) is 3.00. The molecule has 6 nitrogen and oxygen atoms in total. The van der Waals surface area contributed by atoms with Gasteiger partial charge in [0.05, 0.1) is 0 Å². The van der Waals surface area contributed by atoms with Crippen molar-refractivity contribution in [2.75, 3.05) is 12.3 Å². The molecule has 0 fully saturated rings. The Morgan fingerprint density at radius 3 is 3.00 bits per heavy atom. The maximum atomic E-state index is 11.8. The second kappa shape index (κ2) is 6.19. The molecule has 0 unspecified atom stereocenters. The maximum absolute atomic E-state index is 11.8. The Labute approximate surface area is 115 Å². The van der Waals surface area contributed by atoms with Crippen molar-refractivity contribution >= 4 is 23.3 Å². The number of H-pyrrole nitrogens is 1. The number of anilines is 1. The van der Waals surface area contributed by atoms with Crippen molar-refractivity contribution in [1.82, 2.24) is 20.3 Å². The smallest absolute Gasteiger partial charge is 0.251 e. The fourth-order valence-corrected chi connectivity index (χ4v) is 1.86. The number of nitrogen functional groups attached to an aromatic ring is 1. The van der Waals surface area contributed by atoms with Gasteiger partial charge in [-0.05, 0) is 18.6 Å². The predicted molar refractivity (Wildman–Crippen MR) is 72.9 cm³/mol. The van der Waals surface area contributed by atoms with Crippen LogP contribution in [0, 0.1) is 0 Å². The third-order valence-electron chi connectivity index (χ3n) is 2.51. The molecular formula is C12H14ClN5O. The Kier molecular flexibility index (Phi) is 4.35. The first kappa shape index (κ1) is 13.4. The minimum atomic E-state index is -0.213. The van der Waals surface area contributed by atoms with Crippen LogP contribution in [0.5, 0.6) is 0 Å². The van der Waals surface area contributed by atoms with E-state index in [1.165, 1.54) is 12.1 Å². The number of nitrogens with zero attached hydrogens (tertiary/aromatic N) is 2. The molecule has 0 spiro atoms. The Bertz CT molecular complexity index is 535. The average molecular weight is 280 g/mol. The van der Waals surface area contributed by atoms with E-state index < -0.39 is 0 Å². The first-order valence-electron chi connectivity index (χ1n) is 5.84. The van der Waals surface area contributed by atoms with Crippen LogP contribution in [0.25, 0.3) is 0 Å². The van der Waals surface area contributed by atoms with Gasteiger partial charge in [0, 0.05) is 30.9 Å². The number of aromatic amines is 1. The van der Waals surface area contributed by atoms with Crippen LogP contribution in [-0.4, -0.2) is 27.4 Å². The molecule has 19 heavy (non-hydrogen) atoms. The molecule has 0 aliphatic carbocycles. The van der Waals surface area contributed by atoms with Crippen molar-refractivity contribution in [1.29, 1.82) is 0 Å². The standard InChI is InChI=1S/C12H14ClN5O/c13-9-6-8(7-10(14)18-9)12(19)17-3-1-2-11-15-4-5-16-11/h4-7H,1-3H2,(H2,14,18)(H,15,16)(H,17,19). The first-order valence-corrected chi connectivity index (χ1v) is 6.22. The van der Waals surface area contributed by atoms with E-state index in [-0.39, 0.29) is 16.9 Å². The molecule has 1 amide bonds. The number of nitrogens with two attached hydrogens (primary N) is 1. The predicted octanol–water partition coefficient (Wildman–Crippen LogP) is 1.40. The van der Waals surface area contributed by atoms with Gasteiger partial charge in [-0.15, -0.1) is 0 Å². The SMILES string of the molecule is Nc1cc(C(=O)NCCCc2ncc[nH]2)cc(Cl)n1. The normalized spacial score (nSPS) is 10.4. The van der Waals surface area contributed by atoms with Crippen LogP contribution in [0.3, 0.4) is 0 Å². The average Bonchev–Trinajstić information content (AvgIpc) is 2.86. The van der Waals surface area contributed by atoms with Crippen LogP contribution in [-0.2, 0) is 6.42 Å². The van der Waals surface area contributed by atoms with Crippen LogP contribution in [0.4, 0.5) is 5.82 Å². The molecule has 0 atom stereocenters. The van der Waals surface area contributed by atoms with Gasteiger partial charge >= 0.3 is 0 Å². The summed E-state index contributed by atoms with van der Waals surface area (Å²) in [6, 6.07) is 2.98. The second-order valence-electron chi connectivity index (χ2n) is 4.00. The van der Waals surface area contributed by atoms with E-state index in [0.717, 1.165) is 18.7 Å². The zero-order valence-corrected chi connectivity index (χ0v) is 10.9. The number of nitrogens with one attached hydrogen (secondary N) is 2. The largest absolute Gasteiger partial charge is 0.384 e. The third kappa shape index (κ3) is 3.96. The minimum Gasteiger partial charge on any atom is -0.384 e. The summed E-state index contributed by atoms with van der Waals surface area (Å²) in [7, 11) is 0.